The van der Waals surface area contributed by atoms with Gasteiger partial charge in [-0.3, -0.25) is 14.2 Å². The quantitative estimate of drug-likeness (QED) is 0.640. The highest BCUT2D eigenvalue weighted by molar-refractivity contribution is 8.00. The number of hydrogen-bond donors (Lipinski definition) is 1. The van der Waals surface area contributed by atoms with Gasteiger partial charge in [0.05, 0.1) is 10.6 Å². The lowest BCUT2D eigenvalue weighted by Gasteiger charge is -2.14. The zero-order chi connectivity index (χ0) is 17.1. The fraction of sp³-hybridized carbons (Fsp3) is 0.562. The second-order valence-electron chi connectivity index (χ2n) is 5.46. The van der Waals surface area contributed by atoms with E-state index in [1.54, 1.807) is 4.57 Å². The first-order chi connectivity index (χ1) is 10.9. The van der Waals surface area contributed by atoms with Crippen LogP contribution in [0.4, 0.5) is 0 Å². The lowest BCUT2D eigenvalue weighted by molar-refractivity contribution is -0.120. The van der Waals surface area contributed by atoms with Gasteiger partial charge >= 0.3 is 0 Å². The molecule has 2 heterocycles. The molecule has 2 aromatic heterocycles. The Morgan fingerprint density at radius 1 is 1.39 bits per heavy atom. The standard InChI is InChI=1S/C16H23N3O2S2/c1-6-8-17-13(20)11(5)23-16-18-14-12(9(3)10(4)22-14)15(21)19(16)7-2/h11H,6-8H2,1-5H3,(H,17,20). The SMILES string of the molecule is CCCNC(=O)C(C)Sc1nc2sc(C)c(C)c2c(=O)n1CC. The Morgan fingerprint density at radius 3 is 2.70 bits per heavy atom. The summed E-state index contributed by atoms with van der Waals surface area (Å²) in [4.78, 5) is 31.4. The minimum absolute atomic E-state index is 0.0111. The number of hydrogen-bond acceptors (Lipinski definition) is 5. The lowest BCUT2D eigenvalue weighted by atomic mass is 10.2. The normalized spacial score (nSPS) is 12.6. The fourth-order valence-electron chi connectivity index (χ4n) is 2.28. The molecule has 0 radical (unpaired) electrons. The summed E-state index contributed by atoms with van der Waals surface area (Å²) in [6, 6.07) is 0. The van der Waals surface area contributed by atoms with E-state index >= 15 is 0 Å². The van der Waals surface area contributed by atoms with Crippen molar-refractivity contribution in [2.45, 2.75) is 58.0 Å². The zero-order valence-electron chi connectivity index (χ0n) is 14.2. The number of aryl methyl sites for hydroxylation is 2. The molecular weight excluding hydrogens is 330 g/mol. The summed E-state index contributed by atoms with van der Waals surface area (Å²) in [7, 11) is 0. The van der Waals surface area contributed by atoms with Gasteiger partial charge in [-0.15, -0.1) is 11.3 Å². The summed E-state index contributed by atoms with van der Waals surface area (Å²) < 4.78 is 1.66. The van der Waals surface area contributed by atoms with Crippen LogP contribution >= 0.6 is 23.1 Å². The molecule has 7 heteroatoms. The summed E-state index contributed by atoms with van der Waals surface area (Å²) in [6.07, 6.45) is 0.904. The van der Waals surface area contributed by atoms with E-state index in [0.29, 0.717) is 23.6 Å². The maximum absolute atomic E-state index is 12.8. The zero-order valence-corrected chi connectivity index (χ0v) is 15.9. The lowest BCUT2D eigenvalue weighted by Crippen LogP contribution is -2.32. The Hall–Kier alpha value is -1.34. The van der Waals surface area contributed by atoms with Crippen LogP contribution < -0.4 is 10.9 Å². The highest BCUT2D eigenvalue weighted by Gasteiger charge is 2.20. The Labute approximate surface area is 144 Å². The van der Waals surface area contributed by atoms with Crippen molar-refractivity contribution in [1.29, 1.82) is 0 Å². The highest BCUT2D eigenvalue weighted by atomic mass is 32.2. The first-order valence-corrected chi connectivity index (χ1v) is 9.55. The van der Waals surface area contributed by atoms with E-state index < -0.39 is 0 Å². The van der Waals surface area contributed by atoms with Crippen LogP contribution in [0.1, 0.15) is 37.6 Å². The highest BCUT2D eigenvalue weighted by Crippen LogP contribution is 2.29. The van der Waals surface area contributed by atoms with Gasteiger partial charge in [0, 0.05) is 18.0 Å². The second-order valence-corrected chi connectivity index (χ2v) is 7.97. The number of nitrogens with one attached hydrogen (secondary N) is 1. The molecule has 0 bridgehead atoms. The van der Waals surface area contributed by atoms with Crippen LogP contribution in [0.3, 0.4) is 0 Å². The average Bonchev–Trinajstić information content (AvgIpc) is 2.79. The van der Waals surface area contributed by atoms with E-state index in [4.69, 9.17) is 0 Å². The fourth-order valence-corrected chi connectivity index (χ4v) is 4.35. The summed E-state index contributed by atoms with van der Waals surface area (Å²) in [5.74, 6) is -0.0209. The van der Waals surface area contributed by atoms with E-state index in [-0.39, 0.29) is 16.7 Å². The summed E-state index contributed by atoms with van der Waals surface area (Å²) in [5.41, 5.74) is 0.998. The van der Waals surface area contributed by atoms with Gasteiger partial charge in [-0.2, -0.15) is 0 Å². The molecule has 0 aromatic carbocycles. The Kier molecular flexibility index (Phi) is 5.86. The minimum Gasteiger partial charge on any atom is -0.355 e. The van der Waals surface area contributed by atoms with Gasteiger partial charge in [0.1, 0.15) is 4.83 Å². The van der Waals surface area contributed by atoms with Crippen molar-refractivity contribution in [2.75, 3.05) is 6.54 Å². The molecule has 23 heavy (non-hydrogen) atoms. The maximum Gasteiger partial charge on any atom is 0.263 e. The van der Waals surface area contributed by atoms with E-state index in [9.17, 15) is 9.59 Å². The predicted octanol–water partition coefficient (Wildman–Crippen LogP) is 3.10. The largest absolute Gasteiger partial charge is 0.355 e. The molecule has 0 aliphatic carbocycles. The Balaban J connectivity index is 2.41. The molecule has 0 fully saturated rings. The van der Waals surface area contributed by atoms with Crippen molar-refractivity contribution in [3.8, 4) is 0 Å². The molecule has 0 aliphatic heterocycles. The van der Waals surface area contributed by atoms with Gasteiger partial charge in [-0.05, 0) is 39.7 Å². The average molecular weight is 354 g/mol. The Morgan fingerprint density at radius 2 is 2.09 bits per heavy atom. The molecule has 1 amide bonds. The molecule has 0 spiro atoms. The van der Waals surface area contributed by atoms with Gasteiger partial charge in [0.2, 0.25) is 5.91 Å². The van der Waals surface area contributed by atoms with E-state index in [1.165, 1.54) is 23.1 Å². The molecular formula is C16H23N3O2S2. The van der Waals surface area contributed by atoms with Crippen LogP contribution in [0.5, 0.6) is 0 Å². The molecule has 1 unspecified atom stereocenters. The number of carbonyl (C=O) groups is 1. The van der Waals surface area contributed by atoms with Gasteiger partial charge in [-0.1, -0.05) is 18.7 Å². The van der Waals surface area contributed by atoms with Crippen molar-refractivity contribution in [1.82, 2.24) is 14.9 Å². The monoisotopic (exact) mass is 353 g/mol. The predicted molar refractivity (Wildman–Crippen MR) is 97.6 cm³/mol. The molecule has 0 aliphatic rings. The number of nitrogens with zero attached hydrogens (tertiary/aromatic N) is 2. The molecule has 126 valence electrons. The topological polar surface area (TPSA) is 64.0 Å². The van der Waals surface area contributed by atoms with Gasteiger partial charge in [-0.25, -0.2) is 4.98 Å². The molecule has 5 nitrogen and oxygen atoms in total. The van der Waals surface area contributed by atoms with Crippen LogP contribution in [0.25, 0.3) is 10.2 Å². The smallest absolute Gasteiger partial charge is 0.263 e. The number of amides is 1. The number of carbonyl (C=O) groups excluding carboxylic acids is 1. The third kappa shape index (κ3) is 3.61. The molecule has 1 atom stereocenters. The van der Waals surface area contributed by atoms with Crippen molar-refractivity contribution < 1.29 is 4.79 Å². The van der Waals surface area contributed by atoms with Crippen LogP contribution in [0.2, 0.25) is 0 Å². The summed E-state index contributed by atoms with van der Waals surface area (Å²) >= 11 is 2.88. The molecule has 2 aromatic rings. The first kappa shape index (κ1) is 18.0. The minimum atomic E-state index is -0.286. The first-order valence-electron chi connectivity index (χ1n) is 7.85. The van der Waals surface area contributed by atoms with Gasteiger partial charge in [0.25, 0.3) is 5.56 Å². The van der Waals surface area contributed by atoms with Crippen molar-refractivity contribution in [2.24, 2.45) is 0 Å². The number of aromatic nitrogens is 2. The Bertz CT molecular complexity index is 780. The molecule has 0 saturated heterocycles. The molecule has 1 N–H and O–H groups in total. The summed E-state index contributed by atoms with van der Waals surface area (Å²) in [6.45, 7) is 11.0. The third-order valence-electron chi connectivity index (χ3n) is 3.77. The molecule has 0 saturated carbocycles. The van der Waals surface area contributed by atoms with Crippen molar-refractivity contribution in [3.05, 3.63) is 20.8 Å². The van der Waals surface area contributed by atoms with E-state index in [0.717, 1.165) is 21.7 Å². The number of thioether (sulfide) groups is 1. The second kappa shape index (κ2) is 7.49. The number of thiophene rings is 1. The van der Waals surface area contributed by atoms with Crippen molar-refractivity contribution in [3.63, 3.8) is 0 Å². The van der Waals surface area contributed by atoms with Gasteiger partial charge < -0.3 is 5.32 Å². The van der Waals surface area contributed by atoms with Crippen LogP contribution in [0, 0.1) is 13.8 Å². The number of rotatable bonds is 6. The van der Waals surface area contributed by atoms with E-state index in [2.05, 4.69) is 10.3 Å². The summed E-state index contributed by atoms with van der Waals surface area (Å²) in [5, 5.41) is 3.92. The van der Waals surface area contributed by atoms with Gasteiger partial charge in [0.15, 0.2) is 5.16 Å². The van der Waals surface area contributed by atoms with Crippen LogP contribution in [-0.2, 0) is 11.3 Å². The molecule has 2 rings (SSSR count). The van der Waals surface area contributed by atoms with Crippen LogP contribution in [-0.4, -0.2) is 27.3 Å². The van der Waals surface area contributed by atoms with Crippen molar-refractivity contribution >= 4 is 39.2 Å². The van der Waals surface area contributed by atoms with E-state index in [1.807, 2.05) is 34.6 Å². The van der Waals surface area contributed by atoms with Crippen LogP contribution in [0.15, 0.2) is 9.95 Å². The number of fused-ring (bicyclic) bond motifs is 1. The third-order valence-corrected chi connectivity index (χ3v) is 5.96. The maximum atomic E-state index is 12.8.